The van der Waals surface area contributed by atoms with Crippen LogP contribution in [-0.2, 0) is 6.54 Å². The predicted octanol–water partition coefficient (Wildman–Crippen LogP) is 3.11. The van der Waals surface area contributed by atoms with Crippen molar-refractivity contribution in [1.82, 2.24) is 15.0 Å². The van der Waals surface area contributed by atoms with Crippen molar-refractivity contribution in [3.05, 3.63) is 66.2 Å². The van der Waals surface area contributed by atoms with Gasteiger partial charge in [0, 0.05) is 18.4 Å². The van der Waals surface area contributed by atoms with Crippen LogP contribution < -0.4 is 21.1 Å². The van der Waals surface area contributed by atoms with E-state index in [2.05, 4.69) is 25.6 Å². The van der Waals surface area contributed by atoms with Gasteiger partial charge in [0.1, 0.15) is 11.5 Å². The summed E-state index contributed by atoms with van der Waals surface area (Å²) >= 11 is 0. The zero-order valence-corrected chi connectivity index (χ0v) is 15.6. The van der Waals surface area contributed by atoms with E-state index in [0.29, 0.717) is 30.5 Å². The van der Waals surface area contributed by atoms with E-state index in [1.807, 2.05) is 43.3 Å². The molecule has 0 aliphatic carbocycles. The van der Waals surface area contributed by atoms with Crippen LogP contribution in [-0.4, -0.2) is 27.5 Å². The molecule has 0 aliphatic heterocycles. The number of rotatable bonds is 8. The van der Waals surface area contributed by atoms with Crippen molar-refractivity contribution in [3.8, 4) is 5.88 Å². The van der Waals surface area contributed by atoms with Crippen molar-refractivity contribution in [2.24, 2.45) is 0 Å². The van der Waals surface area contributed by atoms with E-state index in [-0.39, 0.29) is 11.6 Å². The summed E-state index contributed by atoms with van der Waals surface area (Å²) in [7, 11) is 0. The molecule has 8 nitrogen and oxygen atoms in total. The lowest BCUT2D eigenvalue weighted by molar-refractivity contribution is 0.102. The van der Waals surface area contributed by atoms with Gasteiger partial charge >= 0.3 is 0 Å². The lowest BCUT2D eigenvalue weighted by Crippen LogP contribution is -2.14. The van der Waals surface area contributed by atoms with Crippen LogP contribution in [0.15, 0.2) is 55.0 Å². The molecule has 0 radical (unpaired) electrons. The number of nitrogens with two attached hydrogens (primary N) is 1. The summed E-state index contributed by atoms with van der Waals surface area (Å²) in [6.45, 7) is 3.11. The van der Waals surface area contributed by atoms with Crippen LogP contribution in [0.5, 0.6) is 5.88 Å². The monoisotopic (exact) mass is 378 g/mol. The fraction of sp³-hybridized carbons (Fsp3) is 0.200. The Kier molecular flexibility index (Phi) is 6.35. The highest BCUT2D eigenvalue weighted by atomic mass is 16.5. The van der Waals surface area contributed by atoms with Crippen molar-refractivity contribution in [1.29, 1.82) is 0 Å². The maximum Gasteiger partial charge on any atom is 0.275 e. The number of benzene rings is 1. The second kappa shape index (κ2) is 9.31. The number of nitrogens with one attached hydrogen (secondary N) is 2. The first-order chi connectivity index (χ1) is 13.7. The third-order valence-electron chi connectivity index (χ3n) is 3.82. The van der Waals surface area contributed by atoms with E-state index in [1.165, 1.54) is 12.4 Å². The van der Waals surface area contributed by atoms with Crippen LogP contribution in [0, 0.1) is 0 Å². The number of nitrogens with zero attached hydrogens (tertiary/aromatic N) is 3. The standard InChI is InChI=1S/C20H22N6O2/c1-2-9-28-18-13-24-17(12-25-18)20(27)26-15-6-3-5-14(10-15)11-23-16-7-4-8-22-19(16)21/h3-8,10,12-13,23H,2,9,11H2,1H3,(H2,21,22)(H,26,27). The number of anilines is 3. The van der Waals surface area contributed by atoms with E-state index in [9.17, 15) is 4.79 Å². The first-order valence-electron chi connectivity index (χ1n) is 8.95. The molecule has 0 saturated carbocycles. The molecule has 8 heteroatoms. The number of hydrogen-bond donors (Lipinski definition) is 3. The van der Waals surface area contributed by atoms with Crippen molar-refractivity contribution >= 4 is 23.1 Å². The van der Waals surface area contributed by atoms with Gasteiger partial charge in [-0.1, -0.05) is 19.1 Å². The molecule has 4 N–H and O–H groups in total. The zero-order chi connectivity index (χ0) is 19.8. The summed E-state index contributed by atoms with van der Waals surface area (Å²) in [5, 5.41) is 6.05. The van der Waals surface area contributed by atoms with E-state index in [0.717, 1.165) is 17.7 Å². The fourth-order valence-corrected chi connectivity index (χ4v) is 2.43. The maximum absolute atomic E-state index is 12.4. The van der Waals surface area contributed by atoms with Crippen molar-refractivity contribution in [2.45, 2.75) is 19.9 Å². The molecule has 0 bridgehead atoms. The predicted molar refractivity (Wildman–Crippen MR) is 108 cm³/mol. The van der Waals surface area contributed by atoms with E-state index in [1.54, 1.807) is 6.20 Å². The van der Waals surface area contributed by atoms with Gasteiger partial charge in [0.15, 0.2) is 0 Å². The molecule has 2 heterocycles. The first-order valence-corrected chi connectivity index (χ1v) is 8.95. The number of carbonyl (C=O) groups is 1. The topological polar surface area (TPSA) is 115 Å². The lowest BCUT2D eigenvalue weighted by Gasteiger charge is -2.10. The van der Waals surface area contributed by atoms with Gasteiger partial charge in [0.25, 0.3) is 5.91 Å². The number of ether oxygens (including phenoxy) is 1. The Morgan fingerprint density at radius 2 is 2.04 bits per heavy atom. The van der Waals surface area contributed by atoms with Gasteiger partial charge < -0.3 is 21.1 Å². The quantitative estimate of drug-likeness (QED) is 0.551. The minimum Gasteiger partial charge on any atom is -0.477 e. The molecular formula is C20H22N6O2. The minimum absolute atomic E-state index is 0.218. The summed E-state index contributed by atoms with van der Waals surface area (Å²) in [6.07, 6.45) is 5.37. The average Bonchev–Trinajstić information content (AvgIpc) is 2.72. The molecule has 28 heavy (non-hydrogen) atoms. The number of aromatic nitrogens is 3. The zero-order valence-electron chi connectivity index (χ0n) is 15.6. The summed E-state index contributed by atoms with van der Waals surface area (Å²) in [6, 6.07) is 11.2. The maximum atomic E-state index is 12.4. The van der Waals surface area contributed by atoms with Gasteiger partial charge in [-0.15, -0.1) is 0 Å². The lowest BCUT2D eigenvalue weighted by atomic mass is 10.2. The van der Waals surface area contributed by atoms with E-state index < -0.39 is 0 Å². The van der Waals surface area contributed by atoms with Gasteiger partial charge in [0.05, 0.1) is 24.7 Å². The molecule has 0 saturated heterocycles. The van der Waals surface area contributed by atoms with Gasteiger partial charge in [-0.2, -0.15) is 0 Å². The smallest absolute Gasteiger partial charge is 0.275 e. The molecule has 1 amide bonds. The largest absolute Gasteiger partial charge is 0.477 e. The van der Waals surface area contributed by atoms with Crippen LogP contribution in [0.3, 0.4) is 0 Å². The van der Waals surface area contributed by atoms with Crippen LogP contribution in [0.1, 0.15) is 29.4 Å². The molecule has 0 aliphatic rings. The summed E-state index contributed by atoms with van der Waals surface area (Å²) < 4.78 is 5.37. The Morgan fingerprint density at radius 1 is 1.14 bits per heavy atom. The second-order valence-electron chi connectivity index (χ2n) is 6.03. The van der Waals surface area contributed by atoms with Crippen molar-refractivity contribution in [2.75, 3.05) is 23.0 Å². The number of amides is 1. The van der Waals surface area contributed by atoms with E-state index >= 15 is 0 Å². The molecule has 0 fully saturated rings. The van der Waals surface area contributed by atoms with Gasteiger partial charge in [-0.25, -0.2) is 15.0 Å². The Hall–Kier alpha value is -3.68. The Morgan fingerprint density at radius 3 is 2.79 bits per heavy atom. The number of pyridine rings is 1. The Bertz CT molecular complexity index is 930. The van der Waals surface area contributed by atoms with Crippen molar-refractivity contribution < 1.29 is 9.53 Å². The SMILES string of the molecule is CCCOc1cnc(C(=O)Nc2cccc(CNc3cccnc3N)c2)cn1. The fourth-order valence-electron chi connectivity index (χ4n) is 2.43. The highest BCUT2D eigenvalue weighted by Gasteiger charge is 2.09. The van der Waals surface area contributed by atoms with Gasteiger partial charge in [0.2, 0.25) is 5.88 Å². The van der Waals surface area contributed by atoms with Crippen LogP contribution in [0.25, 0.3) is 0 Å². The Balaban J connectivity index is 1.60. The summed E-state index contributed by atoms with van der Waals surface area (Å²) in [5.41, 5.74) is 8.46. The number of hydrogen-bond acceptors (Lipinski definition) is 7. The normalized spacial score (nSPS) is 10.3. The molecule has 3 rings (SSSR count). The molecule has 2 aromatic heterocycles. The first kappa shape index (κ1) is 19.1. The third-order valence-corrected chi connectivity index (χ3v) is 3.82. The van der Waals surface area contributed by atoms with Crippen LogP contribution >= 0.6 is 0 Å². The molecule has 3 aromatic rings. The molecule has 144 valence electrons. The average molecular weight is 378 g/mol. The summed E-state index contributed by atoms with van der Waals surface area (Å²) in [5.74, 6) is 0.509. The molecule has 1 aromatic carbocycles. The Labute approximate surface area is 163 Å². The third kappa shape index (κ3) is 5.16. The van der Waals surface area contributed by atoms with E-state index in [4.69, 9.17) is 10.5 Å². The van der Waals surface area contributed by atoms with Gasteiger partial charge in [-0.3, -0.25) is 4.79 Å². The second-order valence-corrected chi connectivity index (χ2v) is 6.03. The highest BCUT2D eigenvalue weighted by molar-refractivity contribution is 6.02. The molecule has 0 spiro atoms. The van der Waals surface area contributed by atoms with Gasteiger partial charge in [-0.05, 0) is 36.2 Å². The van der Waals surface area contributed by atoms with Crippen LogP contribution in [0.2, 0.25) is 0 Å². The minimum atomic E-state index is -0.337. The molecular weight excluding hydrogens is 356 g/mol. The molecule has 0 atom stereocenters. The highest BCUT2D eigenvalue weighted by Crippen LogP contribution is 2.17. The van der Waals surface area contributed by atoms with Crippen LogP contribution in [0.4, 0.5) is 17.2 Å². The molecule has 0 unspecified atom stereocenters. The number of nitrogen functional groups attached to an aromatic ring is 1. The van der Waals surface area contributed by atoms with Crippen molar-refractivity contribution in [3.63, 3.8) is 0 Å². The summed E-state index contributed by atoms with van der Waals surface area (Å²) in [4.78, 5) is 24.6. The number of carbonyl (C=O) groups excluding carboxylic acids is 1.